The largest absolute Gasteiger partial charge is 0.493 e. The first-order valence-corrected chi connectivity index (χ1v) is 8.89. The highest BCUT2D eigenvalue weighted by molar-refractivity contribution is 5.77. The van der Waals surface area contributed by atoms with Gasteiger partial charge in [0.05, 0.1) is 18.4 Å². The summed E-state index contributed by atoms with van der Waals surface area (Å²) < 4.78 is 7.10. The lowest BCUT2D eigenvalue weighted by atomic mass is 10.1. The molecule has 0 spiro atoms. The smallest absolute Gasteiger partial charge is 0.219 e. The van der Waals surface area contributed by atoms with Gasteiger partial charge in [-0.1, -0.05) is 30.3 Å². The molecular weight excluding hydrogens is 352 g/mol. The van der Waals surface area contributed by atoms with Gasteiger partial charge in [0.2, 0.25) is 5.88 Å². The molecule has 0 saturated carbocycles. The zero-order valence-electron chi connectivity index (χ0n) is 14.9. The highest BCUT2D eigenvalue weighted by Gasteiger charge is 2.19. The van der Waals surface area contributed by atoms with Crippen LogP contribution in [-0.4, -0.2) is 24.5 Å². The van der Waals surface area contributed by atoms with Crippen LogP contribution in [0.2, 0.25) is 0 Å². The van der Waals surface area contributed by atoms with Crippen LogP contribution >= 0.6 is 0 Å². The fraction of sp³-hybridized carbons (Fsp3) is 0.0455. The molecule has 28 heavy (non-hydrogen) atoms. The summed E-state index contributed by atoms with van der Waals surface area (Å²) in [5.74, 6) is 0.821. The number of aromatic nitrogens is 4. The second kappa shape index (κ2) is 6.66. The molecule has 6 nitrogen and oxygen atoms in total. The van der Waals surface area contributed by atoms with Crippen molar-refractivity contribution in [3.8, 4) is 28.4 Å². The maximum Gasteiger partial charge on any atom is 0.219 e. The third-order valence-electron chi connectivity index (χ3n) is 4.60. The average molecular weight is 368 g/mol. The Morgan fingerprint density at radius 1 is 0.893 bits per heavy atom. The minimum absolute atomic E-state index is 0.0845. The molecule has 4 aromatic heterocycles. The summed E-state index contributed by atoms with van der Waals surface area (Å²) in [6.07, 6.45) is 7.25. The number of hydrogen-bond acceptors (Lipinski definition) is 5. The van der Waals surface area contributed by atoms with Crippen LogP contribution in [0.25, 0.3) is 28.2 Å². The van der Waals surface area contributed by atoms with Crippen LogP contribution in [0, 0.1) is 0 Å². The van der Waals surface area contributed by atoms with Crippen molar-refractivity contribution in [3.63, 3.8) is 0 Å². The Hall–Kier alpha value is -3.93. The van der Waals surface area contributed by atoms with Gasteiger partial charge in [-0.15, -0.1) is 0 Å². The molecule has 1 N–H and O–H groups in total. The van der Waals surface area contributed by atoms with Crippen LogP contribution < -0.4 is 0 Å². The van der Waals surface area contributed by atoms with E-state index in [9.17, 15) is 5.11 Å². The predicted octanol–water partition coefficient (Wildman–Crippen LogP) is 4.35. The van der Waals surface area contributed by atoms with Gasteiger partial charge >= 0.3 is 0 Å². The van der Waals surface area contributed by atoms with Crippen molar-refractivity contribution in [1.29, 1.82) is 0 Å². The Labute approximate surface area is 160 Å². The zero-order valence-corrected chi connectivity index (χ0v) is 14.9. The first kappa shape index (κ1) is 16.3. The Kier molecular flexibility index (Phi) is 3.87. The summed E-state index contributed by atoms with van der Waals surface area (Å²) in [6.45, 7) is 0. The summed E-state index contributed by atoms with van der Waals surface area (Å²) in [4.78, 5) is 13.6. The fourth-order valence-corrected chi connectivity index (χ4v) is 3.23. The maximum atomic E-state index is 10.8. The summed E-state index contributed by atoms with van der Waals surface area (Å²) in [7, 11) is 0. The van der Waals surface area contributed by atoms with Crippen LogP contribution in [0.1, 0.15) is 11.5 Å². The topological polar surface area (TPSA) is 76.5 Å². The van der Waals surface area contributed by atoms with E-state index in [-0.39, 0.29) is 5.88 Å². The lowest BCUT2D eigenvalue weighted by Gasteiger charge is -2.08. The molecule has 0 aliphatic carbocycles. The maximum absolute atomic E-state index is 10.8. The molecule has 0 fully saturated rings. The zero-order chi connectivity index (χ0) is 18.9. The van der Waals surface area contributed by atoms with Crippen LogP contribution in [-0.2, 0) is 6.42 Å². The first-order chi connectivity index (χ1) is 13.8. The normalized spacial score (nSPS) is 11.1. The number of aromatic hydroxyl groups is 1. The van der Waals surface area contributed by atoms with Crippen molar-refractivity contribution >= 4 is 5.65 Å². The van der Waals surface area contributed by atoms with Crippen molar-refractivity contribution in [2.45, 2.75) is 6.42 Å². The van der Waals surface area contributed by atoms with Gasteiger partial charge in [-0.2, -0.15) is 0 Å². The van der Waals surface area contributed by atoms with Gasteiger partial charge in [-0.3, -0.25) is 9.38 Å². The molecule has 6 heteroatoms. The van der Waals surface area contributed by atoms with Gasteiger partial charge in [0.1, 0.15) is 17.1 Å². The summed E-state index contributed by atoms with van der Waals surface area (Å²) in [6, 6.07) is 17.3. The minimum Gasteiger partial charge on any atom is -0.493 e. The van der Waals surface area contributed by atoms with E-state index in [1.807, 2.05) is 60.8 Å². The third kappa shape index (κ3) is 2.81. The SMILES string of the molecule is Oc1c(Cc2ccco2)nc2c(-c3ccncc3)nc(-c3ccccc3)cn12. The molecular formula is C22H16N4O2. The Morgan fingerprint density at radius 3 is 2.46 bits per heavy atom. The molecule has 0 atom stereocenters. The molecule has 5 rings (SSSR count). The van der Waals surface area contributed by atoms with Crippen LogP contribution in [0.3, 0.4) is 0 Å². The molecule has 0 bridgehead atoms. The van der Waals surface area contributed by atoms with Crippen molar-refractivity contribution < 1.29 is 9.52 Å². The predicted molar refractivity (Wildman–Crippen MR) is 105 cm³/mol. The van der Waals surface area contributed by atoms with Gasteiger partial charge in [-0.25, -0.2) is 9.97 Å². The lowest BCUT2D eigenvalue weighted by Crippen LogP contribution is -1.96. The van der Waals surface area contributed by atoms with E-state index in [1.165, 1.54) is 0 Å². The van der Waals surface area contributed by atoms with Crippen molar-refractivity contribution in [1.82, 2.24) is 19.4 Å². The molecule has 0 radical (unpaired) electrons. The highest BCUT2D eigenvalue weighted by atomic mass is 16.3. The number of pyridine rings is 1. The van der Waals surface area contributed by atoms with Crippen LogP contribution in [0.4, 0.5) is 0 Å². The van der Waals surface area contributed by atoms with E-state index < -0.39 is 0 Å². The Morgan fingerprint density at radius 2 is 1.71 bits per heavy atom. The Bertz CT molecular complexity index is 1230. The molecule has 1 aromatic carbocycles. The van der Waals surface area contributed by atoms with Crippen LogP contribution in [0.15, 0.2) is 83.9 Å². The average Bonchev–Trinajstić information content (AvgIpc) is 3.37. The van der Waals surface area contributed by atoms with Crippen molar-refractivity contribution in [2.75, 3.05) is 0 Å². The molecule has 0 saturated heterocycles. The molecule has 136 valence electrons. The first-order valence-electron chi connectivity index (χ1n) is 8.89. The second-order valence-corrected chi connectivity index (χ2v) is 6.41. The fourth-order valence-electron chi connectivity index (χ4n) is 3.23. The molecule has 0 aliphatic rings. The summed E-state index contributed by atoms with van der Waals surface area (Å²) >= 11 is 0. The van der Waals surface area contributed by atoms with E-state index >= 15 is 0 Å². The highest BCUT2D eigenvalue weighted by Crippen LogP contribution is 2.31. The van der Waals surface area contributed by atoms with Gasteiger partial charge in [-0.05, 0) is 24.3 Å². The van der Waals surface area contributed by atoms with Gasteiger partial charge in [0.15, 0.2) is 5.65 Å². The number of rotatable bonds is 4. The number of fused-ring (bicyclic) bond motifs is 1. The number of hydrogen-bond donors (Lipinski definition) is 1. The van der Waals surface area contributed by atoms with E-state index in [2.05, 4.69) is 9.97 Å². The molecule has 0 aliphatic heterocycles. The van der Waals surface area contributed by atoms with Crippen molar-refractivity contribution in [3.05, 3.63) is 90.9 Å². The van der Waals surface area contributed by atoms with E-state index in [0.29, 0.717) is 23.5 Å². The van der Waals surface area contributed by atoms with Crippen molar-refractivity contribution in [2.24, 2.45) is 0 Å². The summed E-state index contributed by atoms with van der Waals surface area (Å²) in [5, 5.41) is 10.8. The Balaban J connectivity index is 1.75. The molecule has 0 amide bonds. The third-order valence-corrected chi connectivity index (χ3v) is 4.60. The van der Waals surface area contributed by atoms with Crippen LogP contribution in [0.5, 0.6) is 5.88 Å². The number of imidazole rings is 1. The van der Waals surface area contributed by atoms with E-state index in [1.54, 1.807) is 23.1 Å². The number of nitrogens with zero attached hydrogens (tertiary/aromatic N) is 4. The standard InChI is InChI=1S/C22H16N4O2/c27-22-18(13-17-7-4-12-28-17)25-21-20(16-8-10-23-11-9-16)24-19(14-26(21)22)15-5-2-1-3-6-15/h1-12,14,27H,13H2. The minimum atomic E-state index is 0.0845. The molecule has 0 unspecified atom stereocenters. The lowest BCUT2D eigenvalue weighted by molar-refractivity contribution is 0.438. The molecule has 4 heterocycles. The molecule has 5 aromatic rings. The number of furan rings is 1. The quantitative estimate of drug-likeness (QED) is 0.510. The van der Waals surface area contributed by atoms with Gasteiger partial charge in [0, 0.05) is 29.7 Å². The monoisotopic (exact) mass is 368 g/mol. The number of benzene rings is 1. The van der Waals surface area contributed by atoms with E-state index in [0.717, 1.165) is 22.6 Å². The summed E-state index contributed by atoms with van der Waals surface area (Å²) in [5.41, 5.74) is 4.40. The van der Waals surface area contributed by atoms with E-state index in [4.69, 9.17) is 9.40 Å². The van der Waals surface area contributed by atoms with Gasteiger partial charge < -0.3 is 9.52 Å². The second-order valence-electron chi connectivity index (χ2n) is 6.41. The van der Waals surface area contributed by atoms with Gasteiger partial charge in [0.25, 0.3) is 0 Å².